The van der Waals surface area contributed by atoms with Crippen LogP contribution in [0.4, 0.5) is 20.6 Å². The Balaban J connectivity index is 1.78. The number of nitrogens with zero attached hydrogens (tertiary/aromatic N) is 2. The molecule has 0 saturated carbocycles. The lowest BCUT2D eigenvalue weighted by Gasteiger charge is -2.45. The summed E-state index contributed by atoms with van der Waals surface area (Å²) in [7, 11) is 1.94. The van der Waals surface area contributed by atoms with E-state index in [0.717, 1.165) is 28.1 Å². The Labute approximate surface area is 186 Å². The number of carbonyl (C=O) groups is 3. The smallest absolute Gasteiger partial charge is 0.335 e. The minimum Gasteiger partial charge on any atom is -0.369 e. The van der Waals surface area contributed by atoms with E-state index in [0.29, 0.717) is 5.69 Å². The van der Waals surface area contributed by atoms with Gasteiger partial charge in [-0.05, 0) is 74.6 Å². The van der Waals surface area contributed by atoms with Crippen LogP contribution in [0.15, 0.2) is 42.0 Å². The molecule has 2 aliphatic heterocycles. The molecule has 2 aromatic rings. The number of barbiturate groups is 1. The molecule has 7 heteroatoms. The van der Waals surface area contributed by atoms with Crippen LogP contribution in [0.3, 0.4) is 0 Å². The lowest BCUT2D eigenvalue weighted by atomic mass is 9.80. The summed E-state index contributed by atoms with van der Waals surface area (Å²) < 4.78 is 15.1. The van der Waals surface area contributed by atoms with Crippen LogP contribution in [0.1, 0.15) is 49.8 Å². The second-order valence-corrected chi connectivity index (χ2v) is 9.21. The number of anilines is 2. The van der Waals surface area contributed by atoms with Crippen LogP contribution in [0.5, 0.6) is 0 Å². The third-order valence-electron chi connectivity index (χ3n) is 6.41. The van der Waals surface area contributed by atoms with Crippen molar-refractivity contribution in [2.45, 2.75) is 45.6 Å². The highest BCUT2D eigenvalue weighted by Crippen LogP contribution is 2.43. The minimum absolute atomic E-state index is 0.118. The number of fused-ring (bicyclic) bond motifs is 1. The molecule has 0 spiro atoms. The van der Waals surface area contributed by atoms with Crippen LogP contribution >= 0.6 is 0 Å². The van der Waals surface area contributed by atoms with Crippen molar-refractivity contribution in [1.82, 2.24) is 5.32 Å². The molecular weight excluding hydrogens is 409 g/mol. The first kappa shape index (κ1) is 21.7. The van der Waals surface area contributed by atoms with Crippen molar-refractivity contribution in [1.29, 1.82) is 0 Å². The van der Waals surface area contributed by atoms with Crippen molar-refractivity contribution >= 4 is 35.3 Å². The van der Waals surface area contributed by atoms with Crippen LogP contribution in [0, 0.1) is 12.7 Å². The fourth-order valence-corrected chi connectivity index (χ4v) is 4.53. The fraction of sp³-hybridized carbons (Fsp3) is 0.320. The molecule has 4 rings (SSSR count). The van der Waals surface area contributed by atoms with E-state index >= 15 is 4.39 Å². The lowest BCUT2D eigenvalue weighted by molar-refractivity contribution is -0.122. The summed E-state index contributed by atoms with van der Waals surface area (Å²) in [6, 6.07) is 9.15. The van der Waals surface area contributed by atoms with Crippen LogP contribution in [0.2, 0.25) is 0 Å². The summed E-state index contributed by atoms with van der Waals surface area (Å²) in [6.45, 7) is 8.14. The molecule has 4 amide bonds. The Morgan fingerprint density at radius 3 is 2.56 bits per heavy atom. The number of urea groups is 1. The molecule has 6 nitrogen and oxygen atoms in total. The number of amides is 4. The van der Waals surface area contributed by atoms with Gasteiger partial charge in [0.05, 0.1) is 5.69 Å². The number of benzene rings is 2. The molecule has 32 heavy (non-hydrogen) atoms. The summed E-state index contributed by atoms with van der Waals surface area (Å²) >= 11 is 0. The topological polar surface area (TPSA) is 69.7 Å². The zero-order valence-electron chi connectivity index (χ0n) is 18.8. The largest absolute Gasteiger partial charge is 0.369 e. The maximum absolute atomic E-state index is 15.1. The van der Waals surface area contributed by atoms with Gasteiger partial charge in [-0.3, -0.25) is 14.9 Å². The van der Waals surface area contributed by atoms with Gasteiger partial charge in [-0.1, -0.05) is 19.1 Å². The van der Waals surface area contributed by atoms with Gasteiger partial charge >= 0.3 is 6.03 Å². The molecule has 166 valence electrons. The Morgan fingerprint density at radius 1 is 1.16 bits per heavy atom. The Bertz CT molecular complexity index is 1180. The van der Waals surface area contributed by atoms with Gasteiger partial charge in [-0.25, -0.2) is 14.1 Å². The number of halogens is 1. The minimum atomic E-state index is -0.840. The van der Waals surface area contributed by atoms with E-state index in [4.69, 9.17) is 0 Å². The van der Waals surface area contributed by atoms with Crippen molar-refractivity contribution in [3.05, 3.63) is 64.5 Å². The van der Waals surface area contributed by atoms with Crippen molar-refractivity contribution in [2.24, 2.45) is 0 Å². The monoisotopic (exact) mass is 435 g/mol. The Kier molecular flexibility index (Phi) is 5.15. The zero-order chi connectivity index (χ0) is 23.4. The van der Waals surface area contributed by atoms with E-state index in [1.807, 2.05) is 20.0 Å². The van der Waals surface area contributed by atoms with Crippen LogP contribution < -0.4 is 15.1 Å². The van der Waals surface area contributed by atoms with Crippen molar-refractivity contribution in [2.75, 3.05) is 16.8 Å². The van der Waals surface area contributed by atoms with Gasteiger partial charge in [0, 0.05) is 23.8 Å². The zero-order valence-corrected chi connectivity index (χ0v) is 18.8. The number of imide groups is 2. The summed E-state index contributed by atoms with van der Waals surface area (Å²) in [5.41, 5.74) is 2.68. The van der Waals surface area contributed by atoms with Crippen molar-refractivity contribution in [3.8, 4) is 0 Å². The molecule has 1 unspecified atom stereocenters. The SMILES string of the molecule is Cc1cccc(N2C(=O)NC(=O)/C(=C/c3cc4c(cc3F)N(C)C(C)(C)CC4C)C2=O)c1. The first-order chi connectivity index (χ1) is 15.0. The molecule has 2 aliphatic rings. The maximum atomic E-state index is 15.1. The van der Waals surface area contributed by atoms with Gasteiger partial charge in [0.1, 0.15) is 11.4 Å². The third kappa shape index (κ3) is 3.57. The third-order valence-corrected chi connectivity index (χ3v) is 6.41. The molecule has 2 aromatic carbocycles. The van der Waals surface area contributed by atoms with Gasteiger partial charge in [-0.2, -0.15) is 0 Å². The lowest BCUT2D eigenvalue weighted by Crippen LogP contribution is -2.54. The highest BCUT2D eigenvalue weighted by Gasteiger charge is 2.38. The van der Waals surface area contributed by atoms with Crippen LogP contribution in [-0.2, 0) is 9.59 Å². The van der Waals surface area contributed by atoms with Crippen LogP contribution in [0.25, 0.3) is 6.08 Å². The normalized spacial score (nSPS) is 21.6. The highest BCUT2D eigenvalue weighted by molar-refractivity contribution is 6.39. The highest BCUT2D eigenvalue weighted by atomic mass is 19.1. The summed E-state index contributed by atoms with van der Waals surface area (Å²) in [5, 5.41) is 2.18. The average molecular weight is 435 g/mol. The van der Waals surface area contributed by atoms with E-state index < -0.39 is 23.7 Å². The number of hydrogen-bond donors (Lipinski definition) is 1. The predicted octanol–water partition coefficient (Wildman–Crippen LogP) is 4.52. The molecule has 2 heterocycles. The number of nitrogens with one attached hydrogen (secondary N) is 1. The second-order valence-electron chi connectivity index (χ2n) is 9.21. The van der Waals surface area contributed by atoms with E-state index in [1.54, 1.807) is 24.3 Å². The number of carbonyl (C=O) groups excluding carboxylic acids is 3. The summed E-state index contributed by atoms with van der Waals surface area (Å²) in [6.07, 6.45) is 2.11. The quantitative estimate of drug-likeness (QED) is 0.556. The molecule has 0 aliphatic carbocycles. The molecule has 1 atom stereocenters. The fourth-order valence-electron chi connectivity index (χ4n) is 4.53. The molecule has 0 bridgehead atoms. The average Bonchev–Trinajstić information content (AvgIpc) is 2.69. The predicted molar refractivity (Wildman–Crippen MR) is 122 cm³/mol. The number of aryl methyl sites for hydroxylation is 1. The number of rotatable bonds is 2. The Hall–Kier alpha value is -3.48. The van der Waals surface area contributed by atoms with Gasteiger partial charge in [-0.15, -0.1) is 0 Å². The van der Waals surface area contributed by atoms with Gasteiger partial charge in [0.25, 0.3) is 11.8 Å². The Morgan fingerprint density at radius 2 is 1.88 bits per heavy atom. The second kappa shape index (κ2) is 7.58. The van der Waals surface area contributed by atoms with E-state index in [-0.39, 0.29) is 22.6 Å². The van der Waals surface area contributed by atoms with Crippen LogP contribution in [-0.4, -0.2) is 30.4 Å². The van der Waals surface area contributed by atoms with E-state index in [2.05, 4.69) is 31.0 Å². The maximum Gasteiger partial charge on any atom is 0.335 e. The van der Waals surface area contributed by atoms with E-state index in [1.165, 1.54) is 12.1 Å². The molecular formula is C25H26FN3O3. The molecule has 0 radical (unpaired) electrons. The molecule has 1 saturated heterocycles. The van der Waals surface area contributed by atoms with Gasteiger partial charge < -0.3 is 4.90 Å². The van der Waals surface area contributed by atoms with Crippen molar-refractivity contribution in [3.63, 3.8) is 0 Å². The number of hydrogen-bond acceptors (Lipinski definition) is 4. The van der Waals surface area contributed by atoms with Gasteiger partial charge in [0.2, 0.25) is 0 Å². The standard InChI is InChI=1S/C25H26FN3O3/c1-14-7-6-8-17(9-14)29-23(31)19(22(30)27-24(29)32)11-16-10-18-15(2)13-25(3,4)28(5)21(18)12-20(16)26/h6-12,15H,13H2,1-5H3,(H,27,30,32)/b19-11-. The van der Waals surface area contributed by atoms with Crippen molar-refractivity contribution < 1.29 is 18.8 Å². The summed E-state index contributed by atoms with van der Waals surface area (Å²) in [4.78, 5) is 40.9. The molecule has 1 fully saturated rings. The molecule has 0 aromatic heterocycles. The molecule has 1 N–H and O–H groups in total. The first-order valence-corrected chi connectivity index (χ1v) is 10.5. The van der Waals surface area contributed by atoms with Gasteiger partial charge in [0.15, 0.2) is 0 Å². The van der Waals surface area contributed by atoms with E-state index in [9.17, 15) is 14.4 Å². The summed E-state index contributed by atoms with van der Waals surface area (Å²) in [5.74, 6) is -1.98. The first-order valence-electron chi connectivity index (χ1n) is 10.5.